The fourth-order valence-electron chi connectivity index (χ4n) is 2.49. The number of hydrazone groups is 1. The van der Waals surface area contributed by atoms with E-state index in [0.717, 1.165) is 5.56 Å². The lowest BCUT2D eigenvalue weighted by Gasteiger charge is -2.19. The molecule has 4 heteroatoms. The minimum absolute atomic E-state index is 0.137. The molecule has 0 aliphatic rings. The standard InChI is InChI=1S/C21H20N2O2/c24-20-12-11-19(13-21(20)25)14-22-23(15-17-7-3-1-4-8-17)16-18-9-5-2-6-10-18/h1-14,24-25H,15-16H2/b22-14+. The highest BCUT2D eigenvalue weighted by molar-refractivity contribution is 5.80. The van der Waals surface area contributed by atoms with E-state index >= 15 is 0 Å². The summed E-state index contributed by atoms with van der Waals surface area (Å²) in [5.41, 5.74) is 3.06. The summed E-state index contributed by atoms with van der Waals surface area (Å²) in [6, 6.07) is 25.0. The van der Waals surface area contributed by atoms with Gasteiger partial charge in [-0.3, -0.25) is 5.01 Å². The van der Waals surface area contributed by atoms with Crippen LogP contribution in [0.15, 0.2) is 84.0 Å². The first kappa shape index (κ1) is 16.6. The third kappa shape index (κ3) is 4.85. The predicted molar refractivity (Wildman–Crippen MR) is 99.5 cm³/mol. The maximum Gasteiger partial charge on any atom is 0.158 e. The van der Waals surface area contributed by atoms with E-state index in [-0.39, 0.29) is 11.5 Å². The summed E-state index contributed by atoms with van der Waals surface area (Å²) >= 11 is 0. The SMILES string of the molecule is Oc1ccc(/C=N/N(Cc2ccccc2)Cc2ccccc2)cc1O. The second-order valence-electron chi connectivity index (χ2n) is 5.79. The van der Waals surface area contributed by atoms with Crippen molar-refractivity contribution in [2.24, 2.45) is 5.10 Å². The molecule has 3 aromatic rings. The molecule has 0 saturated heterocycles. The van der Waals surface area contributed by atoms with Crippen LogP contribution in [0.1, 0.15) is 16.7 Å². The van der Waals surface area contributed by atoms with Crippen molar-refractivity contribution in [3.63, 3.8) is 0 Å². The van der Waals surface area contributed by atoms with Crippen molar-refractivity contribution in [2.75, 3.05) is 0 Å². The van der Waals surface area contributed by atoms with Gasteiger partial charge in [0.15, 0.2) is 11.5 Å². The van der Waals surface area contributed by atoms with Crippen LogP contribution < -0.4 is 0 Å². The highest BCUT2D eigenvalue weighted by Gasteiger charge is 2.05. The van der Waals surface area contributed by atoms with E-state index in [1.165, 1.54) is 23.3 Å². The molecule has 0 aliphatic heterocycles. The molecule has 0 bridgehead atoms. The zero-order valence-electron chi connectivity index (χ0n) is 13.8. The van der Waals surface area contributed by atoms with Crippen LogP contribution in [0.2, 0.25) is 0 Å². The molecular formula is C21H20N2O2. The molecule has 0 heterocycles. The Kier molecular flexibility index (Phi) is 5.32. The van der Waals surface area contributed by atoms with E-state index in [1.807, 2.05) is 41.4 Å². The van der Waals surface area contributed by atoms with Gasteiger partial charge in [-0.05, 0) is 34.9 Å². The van der Waals surface area contributed by atoms with E-state index in [4.69, 9.17) is 0 Å². The molecule has 25 heavy (non-hydrogen) atoms. The number of hydrogen-bond donors (Lipinski definition) is 2. The molecule has 0 aliphatic carbocycles. The van der Waals surface area contributed by atoms with Crippen LogP contribution in [0.4, 0.5) is 0 Å². The van der Waals surface area contributed by atoms with E-state index in [9.17, 15) is 10.2 Å². The van der Waals surface area contributed by atoms with Crippen LogP contribution in [0.5, 0.6) is 11.5 Å². The van der Waals surface area contributed by atoms with E-state index in [2.05, 4.69) is 29.4 Å². The topological polar surface area (TPSA) is 56.1 Å². The molecular weight excluding hydrogens is 312 g/mol. The van der Waals surface area contributed by atoms with Crippen LogP contribution in [-0.4, -0.2) is 21.4 Å². The second kappa shape index (κ2) is 8.02. The maximum absolute atomic E-state index is 9.61. The number of hydrogen-bond acceptors (Lipinski definition) is 4. The molecule has 2 N–H and O–H groups in total. The second-order valence-corrected chi connectivity index (χ2v) is 5.79. The minimum Gasteiger partial charge on any atom is -0.504 e. The van der Waals surface area contributed by atoms with Gasteiger partial charge in [-0.25, -0.2) is 0 Å². The Balaban J connectivity index is 1.79. The van der Waals surface area contributed by atoms with Crippen LogP contribution in [0, 0.1) is 0 Å². The number of aromatic hydroxyl groups is 2. The van der Waals surface area contributed by atoms with E-state index in [0.29, 0.717) is 13.1 Å². The highest BCUT2D eigenvalue weighted by atomic mass is 16.3. The summed E-state index contributed by atoms with van der Waals surface area (Å²) < 4.78 is 0. The smallest absolute Gasteiger partial charge is 0.158 e. The summed E-state index contributed by atoms with van der Waals surface area (Å²) in [7, 11) is 0. The Labute approximate surface area is 147 Å². The molecule has 3 aromatic carbocycles. The van der Waals surface area contributed by atoms with Gasteiger partial charge >= 0.3 is 0 Å². The summed E-state index contributed by atoms with van der Waals surface area (Å²) in [5, 5.41) is 25.6. The van der Waals surface area contributed by atoms with Gasteiger partial charge in [-0.2, -0.15) is 5.10 Å². The fraction of sp³-hybridized carbons (Fsp3) is 0.0952. The maximum atomic E-state index is 9.61. The van der Waals surface area contributed by atoms with Gasteiger partial charge in [0.2, 0.25) is 0 Å². The largest absolute Gasteiger partial charge is 0.504 e. The molecule has 3 rings (SSSR count). The third-order valence-electron chi connectivity index (χ3n) is 3.79. The molecule has 0 spiro atoms. The molecule has 0 aromatic heterocycles. The van der Waals surface area contributed by atoms with Gasteiger partial charge in [-0.1, -0.05) is 60.7 Å². The Bertz CT molecular complexity index is 792. The predicted octanol–water partition coefficient (Wildman–Crippen LogP) is 4.13. The van der Waals surface area contributed by atoms with Gasteiger partial charge < -0.3 is 10.2 Å². The molecule has 0 atom stereocenters. The van der Waals surface area contributed by atoms with Gasteiger partial charge in [0.1, 0.15) is 0 Å². The normalized spacial score (nSPS) is 10.9. The summed E-state index contributed by atoms with van der Waals surface area (Å²) in [6.07, 6.45) is 1.69. The van der Waals surface area contributed by atoms with Crippen molar-refractivity contribution < 1.29 is 10.2 Å². The van der Waals surface area contributed by atoms with Crippen molar-refractivity contribution in [1.29, 1.82) is 0 Å². The van der Waals surface area contributed by atoms with Crippen LogP contribution >= 0.6 is 0 Å². The monoisotopic (exact) mass is 332 g/mol. The minimum atomic E-state index is -0.151. The van der Waals surface area contributed by atoms with Crippen molar-refractivity contribution in [3.8, 4) is 11.5 Å². The first-order valence-electron chi connectivity index (χ1n) is 8.09. The zero-order valence-corrected chi connectivity index (χ0v) is 13.8. The number of nitrogens with zero attached hydrogens (tertiary/aromatic N) is 2. The van der Waals surface area contributed by atoms with E-state index in [1.54, 1.807) is 12.3 Å². The lowest BCUT2D eigenvalue weighted by Crippen LogP contribution is -2.17. The number of rotatable bonds is 6. The van der Waals surface area contributed by atoms with Crippen LogP contribution in [0.25, 0.3) is 0 Å². The highest BCUT2D eigenvalue weighted by Crippen LogP contribution is 2.24. The number of phenolic OH excluding ortho intramolecular Hbond substituents is 2. The van der Waals surface area contributed by atoms with Crippen LogP contribution in [-0.2, 0) is 13.1 Å². The molecule has 0 amide bonds. The number of phenols is 2. The zero-order chi connectivity index (χ0) is 17.5. The van der Waals surface area contributed by atoms with Gasteiger partial charge in [-0.15, -0.1) is 0 Å². The average molecular weight is 332 g/mol. The molecule has 126 valence electrons. The molecule has 0 radical (unpaired) electrons. The lowest BCUT2D eigenvalue weighted by atomic mass is 10.2. The molecule has 0 fully saturated rings. The van der Waals surface area contributed by atoms with Crippen molar-refractivity contribution in [3.05, 3.63) is 95.6 Å². The molecule has 0 saturated carbocycles. The Morgan fingerprint density at radius 3 is 1.80 bits per heavy atom. The molecule has 4 nitrogen and oxygen atoms in total. The summed E-state index contributed by atoms with van der Waals surface area (Å²) in [4.78, 5) is 0. The summed E-state index contributed by atoms with van der Waals surface area (Å²) in [5.74, 6) is -0.288. The van der Waals surface area contributed by atoms with Crippen molar-refractivity contribution >= 4 is 6.21 Å². The summed E-state index contributed by atoms with van der Waals surface area (Å²) in [6.45, 7) is 1.35. The first-order chi connectivity index (χ1) is 12.2. The Morgan fingerprint density at radius 1 is 0.720 bits per heavy atom. The Hall–Kier alpha value is -3.27. The quantitative estimate of drug-likeness (QED) is 0.405. The lowest BCUT2D eigenvalue weighted by molar-refractivity contribution is 0.272. The van der Waals surface area contributed by atoms with Crippen molar-refractivity contribution in [2.45, 2.75) is 13.1 Å². The first-order valence-corrected chi connectivity index (χ1v) is 8.09. The van der Waals surface area contributed by atoms with Gasteiger partial charge in [0, 0.05) is 0 Å². The molecule has 0 unspecified atom stereocenters. The Morgan fingerprint density at radius 2 is 1.28 bits per heavy atom. The average Bonchev–Trinajstić information content (AvgIpc) is 2.64. The van der Waals surface area contributed by atoms with Gasteiger partial charge in [0.05, 0.1) is 19.3 Å². The van der Waals surface area contributed by atoms with E-state index < -0.39 is 0 Å². The third-order valence-corrected chi connectivity index (χ3v) is 3.79. The van der Waals surface area contributed by atoms with Crippen molar-refractivity contribution in [1.82, 2.24) is 5.01 Å². The van der Waals surface area contributed by atoms with Crippen LogP contribution in [0.3, 0.4) is 0 Å². The fourth-order valence-corrected chi connectivity index (χ4v) is 2.49. The number of benzene rings is 3. The van der Waals surface area contributed by atoms with Gasteiger partial charge in [0.25, 0.3) is 0 Å².